The third-order valence-electron chi connectivity index (χ3n) is 7.59. The zero-order valence-electron chi connectivity index (χ0n) is 21.3. The van der Waals surface area contributed by atoms with E-state index in [9.17, 15) is 4.79 Å². The van der Waals surface area contributed by atoms with Gasteiger partial charge in [0.1, 0.15) is 0 Å². The topological polar surface area (TPSA) is 61.5 Å². The van der Waals surface area contributed by atoms with Crippen LogP contribution in [0.1, 0.15) is 18.4 Å². The van der Waals surface area contributed by atoms with Gasteiger partial charge in [0.2, 0.25) is 0 Å². The van der Waals surface area contributed by atoms with Crippen molar-refractivity contribution in [3.8, 4) is 5.69 Å². The third-order valence-corrected chi connectivity index (χ3v) is 7.59. The summed E-state index contributed by atoms with van der Waals surface area (Å²) in [7, 11) is 0. The van der Waals surface area contributed by atoms with Gasteiger partial charge in [-0.25, -0.2) is 4.85 Å². The van der Waals surface area contributed by atoms with Crippen LogP contribution in [0.3, 0.4) is 0 Å². The lowest BCUT2D eigenvalue weighted by Crippen LogP contribution is -2.46. The van der Waals surface area contributed by atoms with Gasteiger partial charge in [-0.3, -0.25) is 19.2 Å². The van der Waals surface area contributed by atoms with E-state index in [0.29, 0.717) is 11.1 Å². The Bertz CT molecular complexity index is 1670. The maximum Gasteiger partial charge on any atom is 0.264 e. The van der Waals surface area contributed by atoms with E-state index in [1.807, 2.05) is 42.5 Å². The van der Waals surface area contributed by atoms with Gasteiger partial charge in [0.15, 0.2) is 5.69 Å². The molecule has 7 nitrogen and oxygen atoms in total. The van der Waals surface area contributed by atoms with E-state index in [1.54, 1.807) is 23.0 Å². The van der Waals surface area contributed by atoms with Gasteiger partial charge in [0.25, 0.3) is 5.56 Å². The smallest absolute Gasteiger partial charge is 0.264 e. The zero-order valence-corrected chi connectivity index (χ0v) is 21.3. The molecule has 1 saturated heterocycles. The van der Waals surface area contributed by atoms with Gasteiger partial charge in [0, 0.05) is 61.7 Å². The number of anilines is 1. The fourth-order valence-corrected chi connectivity index (χ4v) is 5.42. The summed E-state index contributed by atoms with van der Waals surface area (Å²) in [4.78, 5) is 29.1. The quantitative estimate of drug-likeness (QED) is 0.234. The van der Waals surface area contributed by atoms with E-state index in [-0.39, 0.29) is 5.56 Å². The number of unbranched alkanes of at least 4 members (excludes halogenated alkanes) is 1. The molecule has 0 bridgehead atoms. The molecule has 1 aliphatic heterocycles. The molecule has 0 unspecified atom stereocenters. The Labute approximate surface area is 221 Å². The van der Waals surface area contributed by atoms with Crippen LogP contribution in [0.4, 0.5) is 11.4 Å². The second kappa shape index (κ2) is 10.5. The molecule has 5 aromatic rings. The number of piperazine rings is 1. The van der Waals surface area contributed by atoms with Crippen LogP contribution in [-0.4, -0.2) is 52.2 Å². The molecule has 190 valence electrons. The first-order valence-electron chi connectivity index (χ1n) is 13.2. The molecule has 0 spiro atoms. The van der Waals surface area contributed by atoms with Gasteiger partial charge in [-0.2, -0.15) is 0 Å². The van der Waals surface area contributed by atoms with E-state index in [4.69, 9.17) is 6.57 Å². The molecule has 0 saturated carbocycles. The van der Waals surface area contributed by atoms with Crippen molar-refractivity contribution in [1.82, 2.24) is 19.4 Å². The molecule has 1 N–H and O–H groups in total. The van der Waals surface area contributed by atoms with Crippen molar-refractivity contribution in [3.05, 3.63) is 107 Å². The molecule has 0 atom stereocenters. The molecule has 2 aromatic carbocycles. The Morgan fingerprint density at radius 3 is 2.55 bits per heavy atom. The number of benzene rings is 2. The molecule has 4 heterocycles. The lowest BCUT2D eigenvalue weighted by molar-refractivity contribution is 0.253. The number of rotatable bonds is 7. The third kappa shape index (κ3) is 4.79. The Morgan fingerprint density at radius 1 is 0.921 bits per heavy atom. The zero-order chi connectivity index (χ0) is 25.9. The number of H-pyrrole nitrogens is 1. The van der Waals surface area contributed by atoms with Gasteiger partial charge in [-0.15, -0.1) is 0 Å². The monoisotopic (exact) mass is 502 g/mol. The van der Waals surface area contributed by atoms with Crippen LogP contribution in [0.2, 0.25) is 0 Å². The van der Waals surface area contributed by atoms with Crippen LogP contribution in [0, 0.1) is 6.57 Å². The molecule has 38 heavy (non-hydrogen) atoms. The first-order chi connectivity index (χ1) is 18.7. The average Bonchev–Trinajstić information content (AvgIpc) is 3.38. The first-order valence-corrected chi connectivity index (χ1v) is 13.2. The highest BCUT2D eigenvalue weighted by atomic mass is 16.1. The van der Waals surface area contributed by atoms with E-state index in [0.717, 1.165) is 62.3 Å². The van der Waals surface area contributed by atoms with E-state index >= 15 is 0 Å². The summed E-state index contributed by atoms with van der Waals surface area (Å²) in [6.45, 7) is 12.5. The number of pyridine rings is 2. The number of hydrogen-bond acceptors (Lipinski definition) is 4. The van der Waals surface area contributed by atoms with E-state index < -0.39 is 0 Å². The second-order valence-corrected chi connectivity index (χ2v) is 9.88. The van der Waals surface area contributed by atoms with Crippen LogP contribution in [0.25, 0.3) is 32.3 Å². The van der Waals surface area contributed by atoms with Crippen molar-refractivity contribution in [3.63, 3.8) is 0 Å². The number of aryl methyl sites for hydroxylation is 1. The number of aromatic nitrogens is 3. The Hall–Kier alpha value is -4.41. The highest BCUT2D eigenvalue weighted by Crippen LogP contribution is 2.25. The summed E-state index contributed by atoms with van der Waals surface area (Å²) in [5.74, 6) is 0. The molecule has 7 heteroatoms. The summed E-state index contributed by atoms with van der Waals surface area (Å²) in [6.07, 6.45) is 8.94. The minimum Gasteiger partial charge on any atom is -0.369 e. The largest absolute Gasteiger partial charge is 0.369 e. The maximum absolute atomic E-state index is 12.9. The fourth-order valence-electron chi connectivity index (χ4n) is 5.42. The van der Waals surface area contributed by atoms with Gasteiger partial charge in [-0.1, -0.05) is 6.07 Å². The van der Waals surface area contributed by atoms with Crippen molar-refractivity contribution in [2.24, 2.45) is 0 Å². The van der Waals surface area contributed by atoms with Crippen molar-refractivity contribution in [2.45, 2.75) is 19.3 Å². The van der Waals surface area contributed by atoms with Crippen LogP contribution in [-0.2, 0) is 6.42 Å². The summed E-state index contributed by atoms with van der Waals surface area (Å²) in [5.41, 5.74) is 5.85. The van der Waals surface area contributed by atoms with Crippen LogP contribution in [0.15, 0.2) is 84.0 Å². The molecule has 3 aromatic heterocycles. The fraction of sp³-hybridized carbons (Fsp3) is 0.258. The Balaban J connectivity index is 1.00. The average molecular weight is 503 g/mol. The predicted octanol–water partition coefficient (Wildman–Crippen LogP) is 5.56. The number of aromatic amines is 1. The van der Waals surface area contributed by atoms with Gasteiger partial charge in [-0.05, 0) is 91.4 Å². The predicted molar refractivity (Wildman–Crippen MR) is 153 cm³/mol. The van der Waals surface area contributed by atoms with Crippen LogP contribution >= 0.6 is 0 Å². The standard InChI is InChI=1S/C31H30N6O/c1-32-24-7-12-29-28(21-24)23(22-34-29)5-2-3-15-35-17-19-36(20-18-35)25-8-10-26(11-9-25)37-16-13-30-27(31(37)38)6-4-14-33-30/h4,6-14,16,21-22,34H,2-3,5,15,17-20H2. The first kappa shape index (κ1) is 24.0. The normalized spacial score (nSPS) is 14.2. The number of fused-ring (bicyclic) bond motifs is 2. The summed E-state index contributed by atoms with van der Waals surface area (Å²) in [5, 5.41) is 1.81. The second-order valence-electron chi connectivity index (χ2n) is 9.88. The Kier molecular flexibility index (Phi) is 6.63. The van der Waals surface area contributed by atoms with Gasteiger partial charge >= 0.3 is 0 Å². The van der Waals surface area contributed by atoms with Crippen molar-refractivity contribution >= 4 is 33.2 Å². The van der Waals surface area contributed by atoms with Crippen LogP contribution < -0.4 is 10.5 Å². The highest BCUT2D eigenvalue weighted by molar-refractivity contribution is 5.86. The minimum absolute atomic E-state index is 0.0465. The van der Waals surface area contributed by atoms with E-state index in [2.05, 4.69) is 42.9 Å². The summed E-state index contributed by atoms with van der Waals surface area (Å²) in [6, 6.07) is 19.7. The number of nitrogens with one attached hydrogen (secondary N) is 1. The lowest BCUT2D eigenvalue weighted by atomic mass is 10.1. The van der Waals surface area contributed by atoms with Gasteiger partial charge < -0.3 is 9.88 Å². The van der Waals surface area contributed by atoms with Crippen LogP contribution in [0.5, 0.6) is 0 Å². The van der Waals surface area contributed by atoms with Crippen molar-refractivity contribution in [2.75, 3.05) is 37.6 Å². The van der Waals surface area contributed by atoms with Crippen molar-refractivity contribution < 1.29 is 0 Å². The molecule has 6 rings (SSSR count). The SMILES string of the molecule is [C-]#[N+]c1ccc2[nH]cc(CCCCN3CCN(c4ccc(-n5ccc6ncccc6c5=O)cc4)CC3)c2c1. The highest BCUT2D eigenvalue weighted by Gasteiger charge is 2.17. The minimum atomic E-state index is -0.0465. The molecular weight excluding hydrogens is 472 g/mol. The van der Waals surface area contributed by atoms with Gasteiger partial charge in [0.05, 0.1) is 17.5 Å². The molecular formula is C31H30N6O. The van der Waals surface area contributed by atoms with Crippen molar-refractivity contribution in [1.29, 1.82) is 0 Å². The number of nitrogens with zero attached hydrogens (tertiary/aromatic N) is 5. The number of hydrogen-bond donors (Lipinski definition) is 1. The summed E-state index contributed by atoms with van der Waals surface area (Å²) >= 11 is 0. The molecule has 1 aliphatic rings. The molecule has 0 amide bonds. The van der Waals surface area contributed by atoms with E-state index in [1.165, 1.54) is 23.1 Å². The Morgan fingerprint density at radius 2 is 1.74 bits per heavy atom. The lowest BCUT2D eigenvalue weighted by Gasteiger charge is -2.36. The molecule has 0 aliphatic carbocycles. The maximum atomic E-state index is 12.9. The summed E-state index contributed by atoms with van der Waals surface area (Å²) < 4.78 is 1.69. The molecule has 1 fully saturated rings. The molecule has 0 radical (unpaired) electrons.